The summed E-state index contributed by atoms with van der Waals surface area (Å²) < 4.78 is 51.2. The number of rotatable bonds is 8. The van der Waals surface area contributed by atoms with E-state index in [1.54, 1.807) is 12.1 Å². The number of carboxylic acids is 1. The molecule has 1 unspecified atom stereocenters. The van der Waals surface area contributed by atoms with Gasteiger partial charge < -0.3 is 14.6 Å². The molecule has 0 radical (unpaired) electrons. The molecular formula is C28H30F3NO4S. The Hall–Kier alpha value is -3.07. The van der Waals surface area contributed by atoms with Crippen LogP contribution in [-0.2, 0) is 11.0 Å². The van der Waals surface area contributed by atoms with Crippen molar-refractivity contribution in [2.75, 3.05) is 0 Å². The zero-order valence-corrected chi connectivity index (χ0v) is 22.0. The number of ether oxygens (including phenoxy) is 2. The van der Waals surface area contributed by atoms with Gasteiger partial charge in [0.1, 0.15) is 22.6 Å². The van der Waals surface area contributed by atoms with Gasteiger partial charge in [-0.1, -0.05) is 25.0 Å². The van der Waals surface area contributed by atoms with Crippen molar-refractivity contribution in [2.24, 2.45) is 5.92 Å². The number of hydrogen-bond acceptors (Lipinski definition) is 5. The summed E-state index contributed by atoms with van der Waals surface area (Å²) in [6, 6.07) is 10.4. The van der Waals surface area contributed by atoms with Crippen molar-refractivity contribution in [3.05, 3.63) is 64.2 Å². The zero-order chi connectivity index (χ0) is 27.0. The van der Waals surface area contributed by atoms with Gasteiger partial charge in [0.05, 0.1) is 16.1 Å². The van der Waals surface area contributed by atoms with E-state index in [1.165, 1.54) is 37.3 Å². The van der Waals surface area contributed by atoms with Crippen LogP contribution in [0.4, 0.5) is 13.2 Å². The first-order valence-electron chi connectivity index (χ1n) is 12.2. The van der Waals surface area contributed by atoms with Gasteiger partial charge in [0, 0.05) is 11.5 Å². The third-order valence-corrected chi connectivity index (χ3v) is 7.94. The molecule has 2 aromatic carbocycles. The van der Waals surface area contributed by atoms with Crippen LogP contribution in [0.15, 0.2) is 42.5 Å². The molecule has 1 aromatic heterocycles. The highest BCUT2D eigenvalue weighted by Crippen LogP contribution is 2.44. The minimum atomic E-state index is -4.38. The molecule has 0 bridgehead atoms. The SMILES string of the molecule is Cc1cc(OC(c2sc(-c3ccc(C(F)(F)F)cc3)nc2C)C2CCCC2)ccc1OC(C)(C)C(=O)O. The summed E-state index contributed by atoms with van der Waals surface area (Å²) >= 11 is 1.45. The van der Waals surface area contributed by atoms with E-state index in [4.69, 9.17) is 9.47 Å². The zero-order valence-electron chi connectivity index (χ0n) is 21.2. The van der Waals surface area contributed by atoms with Crippen LogP contribution in [0, 0.1) is 19.8 Å². The summed E-state index contributed by atoms with van der Waals surface area (Å²) in [5.41, 5.74) is 0.135. The molecule has 1 aliphatic carbocycles. The fourth-order valence-corrected chi connectivity index (χ4v) is 5.69. The molecule has 0 amide bonds. The molecule has 1 fully saturated rings. The van der Waals surface area contributed by atoms with E-state index < -0.39 is 23.3 Å². The van der Waals surface area contributed by atoms with Gasteiger partial charge in [0.25, 0.3) is 0 Å². The Morgan fingerprint density at radius 2 is 1.73 bits per heavy atom. The molecular weight excluding hydrogens is 503 g/mol. The molecule has 5 nitrogen and oxygen atoms in total. The Bertz CT molecular complexity index is 1260. The Balaban J connectivity index is 1.61. The lowest BCUT2D eigenvalue weighted by molar-refractivity contribution is -0.152. The quantitative estimate of drug-likeness (QED) is 0.318. The van der Waals surface area contributed by atoms with Crippen LogP contribution < -0.4 is 9.47 Å². The highest BCUT2D eigenvalue weighted by molar-refractivity contribution is 7.15. The Morgan fingerprint density at radius 3 is 2.30 bits per heavy atom. The number of aryl methyl sites for hydroxylation is 2. The molecule has 4 rings (SSSR count). The Morgan fingerprint density at radius 1 is 1.08 bits per heavy atom. The van der Waals surface area contributed by atoms with Gasteiger partial charge in [0.2, 0.25) is 0 Å². The molecule has 0 saturated heterocycles. The van der Waals surface area contributed by atoms with Crippen molar-refractivity contribution < 1.29 is 32.5 Å². The van der Waals surface area contributed by atoms with E-state index in [1.807, 2.05) is 19.9 Å². The summed E-state index contributed by atoms with van der Waals surface area (Å²) in [6.07, 6.45) is -0.361. The van der Waals surface area contributed by atoms with Gasteiger partial charge in [-0.15, -0.1) is 11.3 Å². The standard InChI is InChI=1S/C28H30F3NO4S/c1-16-15-21(13-14-22(16)36-27(3,4)26(33)34)35-23(18-7-5-6-8-18)24-17(2)32-25(37-24)19-9-11-20(12-10-19)28(29,30)31/h9-15,18,23H,5-8H2,1-4H3,(H,33,34). The lowest BCUT2D eigenvalue weighted by Gasteiger charge is -2.26. The largest absolute Gasteiger partial charge is 0.485 e. The summed E-state index contributed by atoms with van der Waals surface area (Å²) in [4.78, 5) is 17.1. The van der Waals surface area contributed by atoms with E-state index in [9.17, 15) is 23.1 Å². The normalized spacial score (nSPS) is 15.5. The summed E-state index contributed by atoms with van der Waals surface area (Å²) in [5.74, 6) is 0.342. The third kappa shape index (κ3) is 6.09. The lowest BCUT2D eigenvalue weighted by atomic mass is 9.98. The smallest absolute Gasteiger partial charge is 0.416 e. The Kier molecular flexibility index (Phi) is 7.55. The first kappa shape index (κ1) is 27.0. The van der Waals surface area contributed by atoms with Crippen molar-refractivity contribution in [3.63, 3.8) is 0 Å². The van der Waals surface area contributed by atoms with Gasteiger partial charge in [0.15, 0.2) is 5.60 Å². The maximum atomic E-state index is 13.0. The van der Waals surface area contributed by atoms with Crippen molar-refractivity contribution in [1.82, 2.24) is 4.98 Å². The fraction of sp³-hybridized carbons (Fsp3) is 0.429. The molecule has 0 spiro atoms. The van der Waals surface area contributed by atoms with Gasteiger partial charge in [-0.2, -0.15) is 13.2 Å². The number of benzene rings is 2. The molecule has 9 heteroatoms. The number of halogens is 3. The predicted molar refractivity (Wildman–Crippen MR) is 136 cm³/mol. The monoisotopic (exact) mass is 533 g/mol. The van der Waals surface area contributed by atoms with Gasteiger partial charge in [-0.05, 0) is 76.4 Å². The van der Waals surface area contributed by atoms with E-state index in [2.05, 4.69) is 4.98 Å². The maximum absolute atomic E-state index is 13.0. The lowest BCUT2D eigenvalue weighted by Crippen LogP contribution is -2.38. The molecule has 1 aliphatic rings. The summed E-state index contributed by atoms with van der Waals surface area (Å²) in [5, 5.41) is 10.0. The third-order valence-electron chi connectivity index (χ3n) is 6.67. The van der Waals surface area contributed by atoms with Gasteiger partial charge in [-0.25, -0.2) is 9.78 Å². The maximum Gasteiger partial charge on any atom is 0.416 e. The van der Waals surface area contributed by atoms with Gasteiger partial charge >= 0.3 is 12.1 Å². The predicted octanol–water partition coefficient (Wildman–Crippen LogP) is 8.00. The van der Waals surface area contributed by atoms with Crippen LogP contribution in [0.25, 0.3) is 10.6 Å². The highest BCUT2D eigenvalue weighted by atomic mass is 32.1. The highest BCUT2D eigenvalue weighted by Gasteiger charge is 2.33. The number of aliphatic carboxylic acids is 1. The molecule has 37 heavy (non-hydrogen) atoms. The molecule has 198 valence electrons. The second kappa shape index (κ2) is 10.4. The number of aromatic nitrogens is 1. The van der Waals surface area contributed by atoms with Crippen molar-refractivity contribution in [3.8, 4) is 22.1 Å². The number of carbonyl (C=O) groups is 1. The van der Waals surface area contributed by atoms with E-state index in [0.717, 1.165) is 54.0 Å². The number of hydrogen-bond donors (Lipinski definition) is 1. The summed E-state index contributed by atoms with van der Waals surface area (Å²) in [6.45, 7) is 6.73. The molecule has 1 N–H and O–H groups in total. The fourth-order valence-electron chi connectivity index (χ4n) is 4.50. The average Bonchev–Trinajstić information content (AvgIpc) is 3.49. The number of carboxylic acid groups (broad SMARTS) is 1. The van der Waals surface area contributed by atoms with Crippen LogP contribution in [0.1, 0.15) is 67.3 Å². The first-order chi connectivity index (χ1) is 17.3. The van der Waals surface area contributed by atoms with Crippen LogP contribution in [-0.4, -0.2) is 21.7 Å². The van der Waals surface area contributed by atoms with Crippen molar-refractivity contribution >= 4 is 17.3 Å². The molecule has 1 heterocycles. The molecule has 1 atom stereocenters. The van der Waals surface area contributed by atoms with E-state index in [0.29, 0.717) is 28.0 Å². The summed E-state index contributed by atoms with van der Waals surface area (Å²) in [7, 11) is 0. The minimum absolute atomic E-state index is 0.246. The second-order valence-electron chi connectivity index (χ2n) is 9.97. The van der Waals surface area contributed by atoms with Crippen LogP contribution in [0.3, 0.4) is 0 Å². The van der Waals surface area contributed by atoms with E-state index in [-0.39, 0.29) is 6.10 Å². The van der Waals surface area contributed by atoms with E-state index >= 15 is 0 Å². The first-order valence-corrected chi connectivity index (χ1v) is 13.0. The van der Waals surface area contributed by atoms with Crippen molar-refractivity contribution in [1.29, 1.82) is 0 Å². The topological polar surface area (TPSA) is 68.7 Å². The number of nitrogens with zero attached hydrogens (tertiary/aromatic N) is 1. The molecule has 0 aliphatic heterocycles. The minimum Gasteiger partial charge on any atom is -0.485 e. The number of alkyl halides is 3. The second-order valence-corrected chi connectivity index (χ2v) is 11.0. The molecule has 1 saturated carbocycles. The van der Waals surface area contributed by atoms with Crippen molar-refractivity contribution in [2.45, 2.75) is 71.3 Å². The van der Waals surface area contributed by atoms with Crippen LogP contribution in [0.2, 0.25) is 0 Å². The Labute approximate surface area is 218 Å². The van der Waals surface area contributed by atoms with Gasteiger partial charge in [-0.3, -0.25) is 0 Å². The van der Waals surface area contributed by atoms with Crippen LogP contribution >= 0.6 is 11.3 Å². The number of thiazole rings is 1. The molecule has 3 aromatic rings. The van der Waals surface area contributed by atoms with Crippen LogP contribution in [0.5, 0.6) is 11.5 Å². The average molecular weight is 534 g/mol.